The average Bonchev–Trinajstić information content (AvgIpc) is 3.19. The number of carbonyl (C=O) groups is 1. The van der Waals surface area contributed by atoms with Crippen LogP contribution in [-0.2, 0) is 0 Å². The molecule has 1 unspecified atom stereocenters. The maximum absolute atomic E-state index is 13.9. The number of amides is 1. The molecule has 0 saturated heterocycles. The van der Waals surface area contributed by atoms with Crippen LogP contribution in [0.5, 0.6) is 11.5 Å². The Bertz CT molecular complexity index is 1520. The Hall–Kier alpha value is -4.06. The van der Waals surface area contributed by atoms with E-state index in [0.717, 1.165) is 29.5 Å². The normalized spacial score (nSPS) is 14.8. The number of hydrogen-bond acceptors (Lipinski definition) is 5. The number of benzene rings is 3. The number of unbranched alkanes of at least 4 members (excludes halogenated alkanes) is 1. The summed E-state index contributed by atoms with van der Waals surface area (Å²) in [6.45, 7) is 9.11. The van der Waals surface area contributed by atoms with E-state index in [1.165, 1.54) is 0 Å². The smallest absolute Gasteiger partial charge is 0.295 e. The van der Waals surface area contributed by atoms with E-state index in [2.05, 4.69) is 6.92 Å². The second-order valence-corrected chi connectivity index (χ2v) is 9.39. The molecule has 0 bridgehead atoms. The number of fused-ring (bicyclic) bond motifs is 2. The fraction of sp³-hybridized carbons (Fsp3) is 0.290. The highest BCUT2D eigenvalue weighted by Gasteiger charge is 2.43. The lowest BCUT2D eigenvalue weighted by Crippen LogP contribution is -2.29. The Balaban J connectivity index is 1.69. The molecule has 0 fully saturated rings. The van der Waals surface area contributed by atoms with Crippen LogP contribution in [0.1, 0.15) is 65.5 Å². The van der Waals surface area contributed by atoms with Crippen molar-refractivity contribution >= 4 is 22.6 Å². The number of rotatable bonds is 8. The van der Waals surface area contributed by atoms with Gasteiger partial charge in [-0.15, -0.1) is 0 Å². The summed E-state index contributed by atoms with van der Waals surface area (Å²) < 4.78 is 17.7. The molecule has 5 rings (SSSR count). The lowest BCUT2D eigenvalue weighted by Gasteiger charge is -2.25. The molecule has 3 aromatic carbocycles. The van der Waals surface area contributed by atoms with Crippen molar-refractivity contribution in [3.8, 4) is 11.5 Å². The molecule has 37 heavy (non-hydrogen) atoms. The average molecular weight is 498 g/mol. The van der Waals surface area contributed by atoms with Crippen molar-refractivity contribution in [2.75, 3.05) is 18.1 Å². The van der Waals surface area contributed by atoms with Crippen molar-refractivity contribution < 1.29 is 18.7 Å². The van der Waals surface area contributed by atoms with Crippen molar-refractivity contribution in [3.05, 3.63) is 98.9 Å². The molecule has 1 atom stereocenters. The quantitative estimate of drug-likeness (QED) is 0.252. The minimum absolute atomic E-state index is 0.0805. The van der Waals surface area contributed by atoms with Crippen molar-refractivity contribution in [1.82, 2.24) is 0 Å². The first-order valence-corrected chi connectivity index (χ1v) is 12.8. The monoisotopic (exact) mass is 497 g/mol. The molecule has 0 saturated carbocycles. The van der Waals surface area contributed by atoms with Crippen LogP contribution in [0.3, 0.4) is 0 Å². The predicted molar refractivity (Wildman–Crippen MR) is 145 cm³/mol. The van der Waals surface area contributed by atoms with E-state index < -0.39 is 6.04 Å². The van der Waals surface area contributed by atoms with Crippen LogP contribution in [0.25, 0.3) is 11.0 Å². The maximum Gasteiger partial charge on any atom is 0.295 e. The first-order chi connectivity index (χ1) is 17.9. The van der Waals surface area contributed by atoms with E-state index in [1.54, 1.807) is 4.90 Å². The van der Waals surface area contributed by atoms with Gasteiger partial charge in [0.05, 0.1) is 30.2 Å². The fourth-order valence-electron chi connectivity index (χ4n) is 4.79. The SMILES string of the molecule is CCCCOc1cccc(C2c3c(oc4cc(C)c(C)cc4c3=O)C(=O)N2c2ccc(OCC)cc2)c1. The van der Waals surface area contributed by atoms with Gasteiger partial charge in [-0.05, 0) is 92.4 Å². The number of hydrogen-bond donors (Lipinski definition) is 0. The number of carbonyl (C=O) groups excluding carboxylic acids is 1. The van der Waals surface area contributed by atoms with Gasteiger partial charge in [0, 0.05) is 5.69 Å². The largest absolute Gasteiger partial charge is 0.494 e. The lowest BCUT2D eigenvalue weighted by molar-refractivity contribution is 0.0971. The molecule has 6 nitrogen and oxygen atoms in total. The molecule has 0 radical (unpaired) electrons. The van der Waals surface area contributed by atoms with Crippen molar-refractivity contribution in [2.24, 2.45) is 0 Å². The first kappa shape index (κ1) is 24.6. The van der Waals surface area contributed by atoms with Crippen LogP contribution < -0.4 is 19.8 Å². The van der Waals surface area contributed by atoms with E-state index in [9.17, 15) is 9.59 Å². The lowest BCUT2D eigenvalue weighted by atomic mass is 9.97. The van der Waals surface area contributed by atoms with Crippen LogP contribution in [0.2, 0.25) is 0 Å². The summed E-state index contributed by atoms with van der Waals surface area (Å²) >= 11 is 0. The molecule has 190 valence electrons. The standard InChI is InChI=1S/C31H31NO5/c1-5-7-15-36-24-10-8-9-21(18-24)28-27-29(33)25-16-19(3)20(4)17-26(25)37-30(27)31(34)32(28)22-11-13-23(14-12-22)35-6-2/h8-14,16-18,28H,5-7,15H2,1-4H3. The molecule has 1 amide bonds. The van der Waals surface area contributed by atoms with E-state index >= 15 is 0 Å². The second kappa shape index (κ2) is 10.1. The summed E-state index contributed by atoms with van der Waals surface area (Å²) in [4.78, 5) is 29.4. The number of aryl methyl sites for hydroxylation is 2. The molecular weight excluding hydrogens is 466 g/mol. The fourth-order valence-corrected chi connectivity index (χ4v) is 4.79. The third kappa shape index (κ3) is 4.48. The highest BCUT2D eigenvalue weighted by Crippen LogP contribution is 2.42. The van der Waals surface area contributed by atoms with Gasteiger partial charge in [-0.3, -0.25) is 14.5 Å². The Morgan fingerprint density at radius 2 is 1.65 bits per heavy atom. The third-order valence-corrected chi connectivity index (χ3v) is 6.85. The van der Waals surface area contributed by atoms with Gasteiger partial charge in [0.2, 0.25) is 5.76 Å². The Morgan fingerprint density at radius 1 is 0.892 bits per heavy atom. The third-order valence-electron chi connectivity index (χ3n) is 6.85. The van der Waals surface area contributed by atoms with Crippen molar-refractivity contribution in [1.29, 1.82) is 0 Å². The molecule has 0 spiro atoms. The zero-order valence-electron chi connectivity index (χ0n) is 21.7. The Morgan fingerprint density at radius 3 is 2.38 bits per heavy atom. The van der Waals surface area contributed by atoms with E-state index in [0.29, 0.717) is 46.9 Å². The van der Waals surface area contributed by atoms with Crippen LogP contribution in [0.15, 0.2) is 69.9 Å². The summed E-state index contributed by atoms with van der Waals surface area (Å²) in [5, 5.41) is 0.476. The Labute approximate surface area is 216 Å². The van der Waals surface area contributed by atoms with Gasteiger partial charge < -0.3 is 13.9 Å². The summed E-state index contributed by atoms with van der Waals surface area (Å²) in [6.07, 6.45) is 1.98. The molecule has 2 heterocycles. The Kier molecular flexibility index (Phi) is 6.74. The molecular formula is C31H31NO5. The topological polar surface area (TPSA) is 69.0 Å². The van der Waals surface area contributed by atoms with Crippen LogP contribution in [0.4, 0.5) is 5.69 Å². The summed E-state index contributed by atoms with van der Waals surface area (Å²) in [6, 6.07) is 18.0. The minimum Gasteiger partial charge on any atom is -0.494 e. The molecule has 1 aromatic heterocycles. The molecule has 0 N–H and O–H groups in total. The van der Waals surface area contributed by atoms with Crippen molar-refractivity contribution in [2.45, 2.75) is 46.6 Å². The van der Waals surface area contributed by atoms with Gasteiger partial charge in [0.15, 0.2) is 5.43 Å². The van der Waals surface area contributed by atoms with Gasteiger partial charge >= 0.3 is 0 Å². The molecule has 4 aromatic rings. The molecule has 0 aliphatic carbocycles. The van der Waals surface area contributed by atoms with Gasteiger partial charge in [-0.25, -0.2) is 0 Å². The number of ether oxygens (including phenoxy) is 2. The van der Waals surface area contributed by atoms with E-state index in [-0.39, 0.29) is 17.1 Å². The van der Waals surface area contributed by atoms with Crippen LogP contribution >= 0.6 is 0 Å². The van der Waals surface area contributed by atoms with Gasteiger partial charge in [0.25, 0.3) is 5.91 Å². The van der Waals surface area contributed by atoms with Gasteiger partial charge in [0.1, 0.15) is 17.1 Å². The molecule has 6 heteroatoms. The second-order valence-electron chi connectivity index (χ2n) is 9.39. The van der Waals surface area contributed by atoms with E-state index in [4.69, 9.17) is 13.9 Å². The van der Waals surface area contributed by atoms with Gasteiger partial charge in [-0.1, -0.05) is 25.5 Å². The van der Waals surface area contributed by atoms with E-state index in [1.807, 2.05) is 81.4 Å². The zero-order chi connectivity index (χ0) is 26.1. The summed E-state index contributed by atoms with van der Waals surface area (Å²) in [5.74, 6) is 1.15. The maximum atomic E-state index is 13.9. The molecule has 1 aliphatic heterocycles. The summed E-state index contributed by atoms with van der Waals surface area (Å²) in [7, 11) is 0. The highest BCUT2D eigenvalue weighted by molar-refractivity contribution is 6.10. The van der Waals surface area contributed by atoms with Crippen molar-refractivity contribution in [3.63, 3.8) is 0 Å². The minimum atomic E-state index is -0.655. The number of nitrogens with zero attached hydrogens (tertiary/aromatic N) is 1. The summed E-state index contributed by atoms with van der Waals surface area (Å²) in [5.41, 5.74) is 4.00. The van der Waals surface area contributed by atoms with Crippen LogP contribution in [-0.4, -0.2) is 19.1 Å². The number of anilines is 1. The predicted octanol–water partition coefficient (Wildman–Crippen LogP) is 6.74. The first-order valence-electron chi connectivity index (χ1n) is 12.8. The van der Waals surface area contributed by atoms with Gasteiger partial charge in [-0.2, -0.15) is 0 Å². The highest BCUT2D eigenvalue weighted by atomic mass is 16.5. The zero-order valence-corrected chi connectivity index (χ0v) is 21.7. The molecule has 1 aliphatic rings. The van der Waals surface area contributed by atoms with Crippen LogP contribution in [0, 0.1) is 13.8 Å².